The minimum atomic E-state index is -0.483. The Balaban J connectivity index is 1.58. The van der Waals surface area contributed by atoms with Crippen LogP contribution in [0, 0.1) is 0 Å². The Labute approximate surface area is 190 Å². The van der Waals surface area contributed by atoms with Crippen molar-refractivity contribution in [3.05, 3.63) is 65.2 Å². The summed E-state index contributed by atoms with van der Waals surface area (Å²) in [4.78, 5) is 18.4. The van der Waals surface area contributed by atoms with E-state index in [1.54, 1.807) is 0 Å². The molecule has 0 radical (unpaired) electrons. The number of hydrogen-bond donors (Lipinski definition) is 3. The molecule has 1 amide bonds. The first-order valence-electron chi connectivity index (χ1n) is 11.0. The largest absolute Gasteiger partial charge is 0.453 e. The van der Waals surface area contributed by atoms with Crippen LogP contribution in [0.5, 0.6) is 0 Å². The summed E-state index contributed by atoms with van der Waals surface area (Å²) < 4.78 is 10.1. The third-order valence-electron chi connectivity index (χ3n) is 5.21. The fraction of sp³-hybridized carbons (Fsp3) is 0.417. The van der Waals surface area contributed by atoms with Gasteiger partial charge in [0.05, 0.1) is 26.9 Å². The van der Waals surface area contributed by atoms with Crippen LogP contribution in [0.15, 0.2) is 53.5 Å². The summed E-state index contributed by atoms with van der Waals surface area (Å²) in [5.74, 6) is 0.769. The zero-order chi connectivity index (χ0) is 22.6. The molecule has 0 atom stereocenters. The molecule has 8 nitrogen and oxygen atoms in total. The second-order valence-corrected chi connectivity index (χ2v) is 7.52. The second-order valence-electron chi connectivity index (χ2n) is 7.52. The smallest absolute Gasteiger partial charge is 0.411 e. The van der Waals surface area contributed by atoms with Crippen molar-refractivity contribution in [2.75, 3.05) is 45.3 Å². The van der Waals surface area contributed by atoms with Crippen molar-refractivity contribution in [2.24, 2.45) is 4.99 Å². The van der Waals surface area contributed by atoms with Crippen molar-refractivity contribution < 1.29 is 14.3 Å². The van der Waals surface area contributed by atoms with Crippen LogP contribution in [0.25, 0.3) is 0 Å². The van der Waals surface area contributed by atoms with Crippen molar-refractivity contribution in [2.45, 2.75) is 26.6 Å². The Morgan fingerprint density at radius 3 is 2.47 bits per heavy atom. The molecule has 1 fully saturated rings. The number of nitrogens with one attached hydrogen (secondary N) is 3. The van der Waals surface area contributed by atoms with E-state index < -0.39 is 6.09 Å². The summed E-state index contributed by atoms with van der Waals surface area (Å²) in [6.45, 7) is 8.55. The predicted octanol–water partition coefficient (Wildman–Crippen LogP) is 2.95. The molecule has 172 valence electrons. The molecule has 8 heteroatoms. The van der Waals surface area contributed by atoms with E-state index in [2.05, 4.69) is 56.8 Å². The molecule has 2 aromatic rings. The van der Waals surface area contributed by atoms with E-state index in [9.17, 15) is 4.79 Å². The topological polar surface area (TPSA) is 87.2 Å². The van der Waals surface area contributed by atoms with E-state index >= 15 is 0 Å². The van der Waals surface area contributed by atoms with Gasteiger partial charge in [-0.25, -0.2) is 9.79 Å². The molecule has 3 N–H and O–H groups in total. The molecule has 1 aliphatic rings. The number of hydrogen-bond acceptors (Lipinski definition) is 5. The molecule has 1 heterocycles. The van der Waals surface area contributed by atoms with Crippen molar-refractivity contribution in [1.82, 2.24) is 15.5 Å². The zero-order valence-electron chi connectivity index (χ0n) is 18.9. The van der Waals surface area contributed by atoms with E-state index in [1.807, 2.05) is 24.3 Å². The van der Waals surface area contributed by atoms with Gasteiger partial charge >= 0.3 is 6.09 Å². The molecule has 0 spiro atoms. The average molecular weight is 440 g/mol. The molecule has 32 heavy (non-hydrogen) atoms. The lowest BCUT2D eigenvalue weighted by Crippen LogP contribution is -2.38. The Morgan fingerprint density at radius 1 is 1.06 bits per heavy atom. The first-order chi connectivity index (χ1) is 15.7. The van der Waals surface area contributed by atoms with Crippen molar-refractivity contribution >= 4 is 17.7 Å². The van der Waals surface area contributed by atoms with E-state index in [0.717, 1.165) is 50.9 Å². The molecule has 2 aromatic carbocycles. The number of anilines is 1. The third-order valence-corrected chi connectivity index (χ3v) is 5.21. The van der Waals surface area contributed by atoms with E-state index in [4.69, 9.17) is 9.73 Å². The molecular formula is C24H33N5O3. The van der Waals surface area contributed by atoms with Gasteiger partial charge in [-0.15, -0.1) is 0 Å². The van der Waals surface area contributed by atoms with Crippen LogP contribution in [-0.2, 0) is 29.1 Å². The zero-order valence-corrected chi connectivity index (χ0v) is 18.9. The SMILES string of the molecule is CCNC(=NCc1ccc(NC(=O)OC)cc1)NCc1ccccc1CN1CCOCC1. The lowest BCUT2D eigenvalue weighted by atomic mass is 10.1. The van der Waals surface area contributed by atoms with Crippen LogP contribution in [0.3, 0.4) is 0 Å². The summed E-state index contributed by atoms with van der Waals surface area (Å²) in [5.41, 5.74) is 4.33. The molecule has 0 aromatic heterocycles. The highest BCUT2D eigenvalue weighted by atomic mass is 16.5. The standard InChI is InChI=1S/C24H33N5O3/c1-3-25-23(26-16-19-8-10-22(11-9-19)28-24(30)31-2)27-17-20-6-4-5-7-21(20)18-29-12-14-32-15-13-29/h4-11H,3,12-18H2,1-2H3,(H,28,30)(H2,25,26,27). The van der Waals surface area contributed by atoms with Gasteiger partial charge in [0.15, 0.2) is 5.96 Å². The van der Waals surface area contributed by atoms with Gasteiger partial charge in [-0.1, -0.05) is 36.4 Å². The molecule has 0 saturated carbocycles. The first-order valence-corrected chi connectivity index (χ1v) is 11.0. The number of benzene rings is 2. The van der Waals surface area contributed by atoms with Crippen molar-refractivity contribution in [3.63, 3.8) is 0 Å². The molecule has 0 unspecified atom stereocenters. The first kappa shape index (κ1) is 23.6. The van der Waals surface area contributed by atoms with Crippen molar-refractivity contribution in [3.8, 4) is 0 Å². The third kappa shape index (κ3) is 7.55. The number of nitrogens with zero attached hydrogens (tertiary/aromatic N) is 2. The molecule has 1 aliphatic heterocycles. The minimum absolute atomic E-state index is 0.483. The monoisotopic (exact) mass is 439 g/mol. The molecule has 0 bridgehead atoms. The number of rotatable bonds is 8. The van der Waals surface area contributed by atoms with Gasteiger partial charge in [0.1, 0.15) is 0 Å². The van der Waals surface area contributed by atoms with Gasteiger partial charge in [0, 0.05) is 38.4 Å². The highest BCUT2D eigenvalue weighted by molar-refractivity contribution is 5.84. The maximum Gasteiger partial charge on any atom is 0.411 e. The van der Waals surface area contributed by atoms with Crippen LogP contribution >= 0.6 is 0 Å². The summed E-state index contributed by atoms with van der Waals surface area (Å²) in [5, 5.41) is 9.40. The lowest BCUT2D eigenvalue weighted by molar-refractivity contribution is 0.0341. The number of methoxy groups -OCH3 is 1. The maximum atomic E-state index is 11.3. The van der Waals surface area contributed by atoms with Gasteiger partial charge in [0.25, 0.3) is 0 Å². The summed E-state index contributed by atoms with van der Waals surface area (Å²) >= 11 is 0. The number of carbonyl (C=O) groups excluding carboxylic acids is 1. The van der Waals surface area contributed by atoms with Gasteiger partial charge in [-0.3, -0.25) is 10.2 Å². The molecular weight excluding hydrogens is 406 g/mol. The quantitative estimate of drug-likeness (QED) is 0.433. The summed E-state index contributed by atoms with van der Waals surface area (Å²) in [7, 11) is 1.34. The number of ether oxygens (including phenoxy) is 2. The lowest BCUT2D eigenvalue weighted by Gasteiger charge is -2.27. The number of guanidine groups is 1. The second kappa shape index (κ2) is 12.7. The van der Waals surface area contributed by atoms with Gasteiger partial charge < -0.3 is 20.1 Å². The fourth-order valence-electron chi connectivity index (χ4n) is 3.44. The number of morpholine rings is 1. The number of aliphatic imine (C=N–C) groups is 1. The molecule has 0 aliphatic carbocycles. The molecule has 3 rings (SSSR count). The normalized spacial score (nSPS) is 14.6. The number of carbonyl (C=O) groups is 1. The Hall–Kier alpha value is -3.10. The predicted molar refractivity (Wildman–Crippen MR) is 127 cm³/mol. The van der Waals surface area contributed by atoms with Crippen LogP contribution < -0.4 is 16.0 Å². The average Bonchev–Trinajstić information content (AvgIpc) is 2.83. The number of amides is 1. The Kier molecular flexibility index (Phi) is 9.34. The van der Waals surface area contributed by atoms with Crippen LogP contribution in [0.1, 0.15) is 23.6 Å². The van der Waals surface area contributed by atoms with Crippen LogP contribution in [0.2, 0.25) is 0 Å². The fourth-order valence-corrected chi connectivity index (χ4v) is 3.44. The van der Waals surface area contributed by atoms with Gasteiger partial charge in [-0.05, 0) is 35.7 Å². The summed E-state index contributed by atoms with van der Waals surface area (Å²) in [6, 6.07) is 16.1. The van der Waals surface area contributed by atoms with Crippen LogP contribution in [-0.4, -0.2) is 56.9 Å². The highest BCUT2D eigenvalue weighted by Crippen LogP contribution is 2.13. The van der Waals surface area contributed by atoms with E-state index in [0.29, 0.717) is 18.8 Å². The Morgan fingerprint density at radius 2 is 1.78 bits per heavy atom. The maximum absolute atomic E-state index is 11.3. The molecule has 1 saturated heterocycles. The van der Waals surface area contributed by atoms with Crippen molar-refractivity contribution in [1.29, 1.82) is 0 Å². The Bertz CT molecular complexity index is 879. The van der Waals surface area contributed by atoms with E-state index in [1.165, 1.54) is 18.2 Å². The minimum Gasteiger partial charge on any atom is -0.453 e. The highest BCUT2D eigenvalue weighted by Gasteiger charge is 2.12. The van der Waals surface area contributed by atoms with E-state index in [-0.39, 0.29) is 0 Å². The summed E-state index contributed by atoms with van der Waals surface area (Å²) in [6.07, 6.45) is -0.483. The van der Waals surface area contributed by atoms with Crippen LogP contribution in [0.4, 0.5) is 10.5 Å². The van der Waals surface area contributed by atoms with Gasteiger partial charge in [0.2, 0.25) is 0 Å². The van der Waals surface area contributed by atoms with Gasteiger partial charge in [-0.2, -0.15) is 0 Å².